The van der Waals surface area contributed by atoms with Crippen LogP contribution in [0.25, 0.3) is 22.3 Å². The second kappa shape index (κ2) is 4.37. The van der Waals surface area contributed by atoms with Gasteiger partial charge in [-0.25, -0.2) is 13.2 Å². The molecule has 0 aliphatic carbocycles. The molecule has 0 unspecified atom stereocenters. The molecular weight excluding hydrogens is 272 g/mol. The highest BCUT2D eigenvalue weighted by Crippen LogP contribution is 2.37. The number of rotatable bonds is 1. The minimum absolute atomic E-state index is 0.184. The van der Waals surface area contributed by atoms with E-state index in [0.717, 1.165) is 0 Å². The monoisotopic (exact) mass is 280 g/mol. The maximum atomic E-state index is 13.8. The van der Waals surface area contributed by atoms with Gasteiger partial charge in [0.2, 0.25) is 11.6 Å². The Bertz CT molecular complexity index is 806. The summed E-state index contributed by atoms with van der Waals surface area (Å²) >= 11 is 0. The summed E-state index contributed by atoms with van der Waals surface area (Å²) < 4.78 is 59.2. The minimum Gasteiger partial charge on any atom is -0.452 e. The normalized spacial score (nSPS) is 11.2. The van der Waals surface area contributed by atoms with Crippen molar-refractivity contribution in [2.24, 2.45) is 0 Å². The van der Waals surface area contributed by atoms with Crippen LogP contribution in [0.5, 0.6) is 0 Å². The second-order valence-corrected chi connectivity index (χ2v) is 4.38. The van der Waals surface area contributed by atoms with Crippen molar-refractivity contribution >= 4 is 11.0 Å². The number of hydrogen-bond acceptors (Lipinski definition) is 1. The zero-order valence-electron chi connectivity index (χ0n) is 10.3. The molecule has 20 heavy (non-hydrogen) atoms. The molecule has 0 aliphatic heterocycles. The predicted octanol–water partition coefficient (Wildman–Crippen LogP) is 4.96. The maximum absolute atomic E-state index is 13.8. The first-order chi connectivity index (χ1) is 9.52. The maximum Gasteiger partial charge on any atom is 0.205 e. The number of hydrogen-bond donors (Lipinski definition) is 0. The molecular formula is C15H8F4O. The number of furan rings is 1. The first-order valence-electron chi connectivity index (χ1n) is 5.82. The van der Waals surface area contributed by atoms with Crippen molar-refractivity contribution in [2.75, 3.05) is 0 Å². The fraction of sp³-hybridized carbons (Fsp3) is 0.0667. The molecule has 0 saturated carbocycles. The van der Waals surface area contributed by atoms with Gasteiger partial charge in [0, 0.05) is 11.1 Å². The first-order valence-corrected chi connectivity index (χ1v) is 5.82. The van der Waals surface area contributed by atoms with Gasteiger partial charge < -0.3 is 4.42 Å². The van der Waals surface area contributed by atoms with Crippen LogP contribution in [-0.2, 0) is 0 Å². The molecule has 0 fully saturated rings. The Labute approximate surface area is 111 Å². The molecule has 0 atom stereocenters. The lowest BCUT2D eigenvalue weighted by Crippen LogP contribution is -1.96. The number of halogens is 4. The zero-order valence-corrected chi connectivity index (χ0v) is 10.3. The van der Waals surface area contributed by atoms with Crippen LogP contribution in [0, 0.1) is 30.2 Å². The van der Waals surface area contributed by atoms with Crippen molar-refractivity contribution in [1.82, 2.24) is 0 Å². The average molecular weight is 280 g/mol. The summed E-state index contributed by atoms with van der Waals surface area (Å²) in [4.78, 5) is 0. The van der Waals surface area contributed by atoms with E-state index < -0.39 is 28.9 Å². The van der Waals surface area contributed by atoms with Crippen molar-refractivity contribution in [1.29, 1.82) is 0 Å². The van der Waals surface area contributed by atoms with Crippen LogP contribution in [0.2, 0.25) is 0 Å². The van der Waals surface area contributed by atoms with E-state index in [0.29, 0.717) is 5.56 Å². The summed E-state index contributed by atoms with van der Waals surface area (Å²) in [6.07, 6.45) is 0. The van der Waals surface area contributed by atoms with E-state index in [2.05, 4.69) is 0 Å². The van der Waals surface area contributed by atoms with Crippen LogP contribution < -0.4 is 0 Å². The highest BCUT2D eigenvalue weighted by atomic mass is 19.2. The molecule has 0 spiro atoms. The molecule has 0 N–H and O–H groups in total. The predicted molar refractivity (Wildman–Crippen MR) is 66.2 cm³/mol. The quantitative estimate of drug-likeness (QED) is 0.348. The number of fused-ring (bicyclic) bond motifs is 1. The number of aryl methyl sites for hydroxylation is 1. The van der Waals surface area contributed by atoms with Gasteiger partial charge in [-0.2, -0.15) is 4.39 Å². The smallest absolute Gasteiger partial charge is 0.205 e. The van der Waals surface area contributed by atoms with Crippen molar-refractivity contribution in [3.05, 3.63) is 59.2 Å². The third-order valence-corrected chi connectivity index (χ3v) is 3.18. The molecule has 1 nitrogen and oxygen atoms in total. The van der Waals surface area contributed by atoms with Gasteiger partial charge in [0.05, 0.1) is 5.39 Å². The summed E-state index contributed by atoms with van der Waals surface area (Å²) in [6.45, 7) is 1.47. The summed E-state index contributed by atoms with van der Waals surface area (Å²) in [5, 5.41) is -0.375. The number of benzene rings is 2. The van der Waals surface area contributed by atoms with Gasteiger partial charge in [0.15, 0.2) is 17.2 Å². The van der Waals surface area contributed by atoms with Gasteiger partial charge in [0.1, 0.15) is 5.76 Å². The van der Waals surface area contributed by atoms with Crippen LogP contribution >= 0.6 is 0 Å². The summed E-state index contributed by atoms with van der Waals surface area (Å²) in [5.41, 5.74) is 0.181. The molecule has 3 aromatic rings. The molecule has 1 heterocycles. The van der Waals surface area contributed by atoms with E-state index in [1.54, 1.807) is 30.3 Å². The fourth-order valence-corrected chi connectivity index (χ4v) is 2.20. The Morgan fingerprint density at radius 1 is 0.800 bits per heavy atom. The standard InChI is InChI=1S/C15H8F4O/c1-7-9-10(16)11(17)12(18)13(19)15(9)20-14(7)8-5-3-2-4-6-8/h2-6H,1H3. The zero-order chi connectivity index (χ0) is 14.4. The molecule has 0 saturated heterocycles. The molecule has 102 valence electrons. The molecule has 0 radical (unpaired) electrons. The molecule has 0 bridgehead atoms. The Balaban J connectivity index is 2.42. The van der Waals surface area contributed by atoms with E-state index in [-0.39, 0.29) is 16.7 Å². The van der Waals surface area contributed by atoms with Gasteiger partial charge in [-0.05, 0) is 6.92 Å². The van der Waals surface area contributed by atoms with Crippen LogP contribution in [0.3, 0.4) is 0 Å². The minimum atomic E-state index is -1.87. The topological polar surface area (TPSA) is 13.1 Å². The van der Waals surface area contributed by atoms with Crippen molar-refractivity contribution in [3.63, 3.8) is 0 Å². The van der Waals surface area contributed by atoms with E-state index in [9.17, 15) is 17.6 Å². The lowest BCUT2D eigenvalue weighted by molar-refractivity contribution is 0.411. The van der Waals surface area contributed by atoms with E-state index >= 15 is 0 Å². The van der Waals surface area contributed by atoms with Crippen LogP contribution in [0.4, 0.5) is 17.6 Å². The van der Waals surface area contributed by atoms with Gasteiger partial charge in [-0.1, -0.05) is 30.3 Å². The highest BCUT2D eigenvalue weighted by molar-refractivity contribution is 5.88. The Hall–Kier alpha value is -2.30. The van der Waals surface area contributed by atoms with Crippen LogP contribution in [0.1, 0.15) is 5.56 Å². The van der Waals surface area contributed by atoms with Gasteiger partial charge in [-0.3, -0.25) is 0 Å². The molecule has 0 amide bonds. The van der Waals surface area contributed by atoms with E-state index in [1.807, 2.05) is 0 Å². The molecule has 1 aromatic heterocycles. The summed E-state index contributed by atoms with van der Waals surface area (Å²) in [7, 11) is 0. The Kier molecular flexibility index (Phi) is 2.78. The molecule has 2 aromatic carbocycles. The SMILES string of the molecule is Cc1c(-c2ccccc2)oc2c(F)c(F)c(F)c(F)c12. The van der Waals surface area contributed by atoms with Crippen molar-refractivity contribution in [3.8, 4) is 11.3 Å². The summed E-state index contributed by atoms with van der Waals surface area (Å²) in [5.74, 6) is -6.49. The Morgan fingerprint density at radius 2 is 1.40 bits per heavy atom. The fourth-order valence-electron chi connectivity index (χ4n) is 2.20. The average Bonchev–Trinajstić information content (AvgIpc) is 2.81. The second-order valence-electron chi connectivity index (χ2n) is 4.38. The summed E-state index contributed by atoms with van der Waals surface area (Å²) in [6, 6.07) is 8.55. The van der Waals surface area contributed by atoms with Gasteiger partial charge in [0.25, 0.3) is 0 Å². The lowest BCUT2D eigenvalue weighted by Gasteiger charge is -1.99. The highest BCUT2D eigenvalue weighted by Gasteiger charge is 2.26. The van der Waals surface area contributed by atoms with Crippen molar-refractivity contribution in [2.45, 2.75) is 6.92 Å². The van der Waals surface area contributed by atoms with Crippen LogP contribution in [-0.4, -0.2) is 0 Å². The third-order valence-electron chi connectivity index (χ3n) is 3.18. The first kappa shape index (κ1) is 12.7. The van der Waals surface area contributed by atoms with Gasteiger partial charge in [-0.15, -0.1) is 0 Å². The molecule has 5 heteroatoms. The largest absolute Gasteiger partial charge is 0.452 e. The van der Waals surface area contributed by atoms with Crippen LogP contribution in [0.15, 0.2) is 34.7 Å². The molecule has 0 aliphatic rings. The molecule has 3 rings (SSSR count). The Morgan fingerprint density at radius 3 is 2.05 bits per heavy atom. The third kappa shape index (κ3) is 1.62. The van der Waals surface area contributed by atoms with Gasteiger partial charge >= 0.3 is 0 Å². The van der Waals surface area contributed by atoms with E-state index in [4.69, 9.17) is 4.42 Å². The van der Waals surface area contributed by atoms with E-state index in [1.165, 1.54) is 6.92 Å². The lowest BCUT2D eigenvalue weighted by atomic mass is 10.1. The van der Waals surface area contributed by atoms with Crippen molar-refractivity contribution < 1.29 is 22.0 Å².